The molecular weight excluding hydrogens is 622 g/mol. The van der Waals surface area contributed by atoms with Crippen LogP contribution in [0.5, 0.6) is 11.5 Å². The molecule has 286 valence electrons. The van der Waals surface area contributed by atoms with Crippen LogP contribution in [-0.4, -0.2) is 49.9 Å². The quantitative estimate of drug-likeness (QED) is 0.0709. The molecule has 0 N–H and O–H groups in total. The molecule has 0 bridgehead atoms. The fourth-order valence-corrected chi connectivity index (χ4v) is 6.69. The number of ether oxygens (including phenoxy) is 2. The number of hydrogen-bond donors (Lipinski definition) is 0. The molecule has 1 aromatic carbocycles. The van der Waals surface area contributed by atoms with Gasteiger partial charge in [0.05, 0.1) is 35.6 Å². The summed E-state index contributed by atoms with van der Waals surface area (Å²) in [6.07, 6.45) is 25.8. The van der Waals surface area contributed by atoms with E-state index in [0.29, 0.717) is 13.2 Å². The van der Waals surface area contributed by atoms with Crippen molar-refractivity contribution >= 4 is 25.2 Å². The molecule has 2 saturated heterocycles. The van der Waals surface area contributed by atoms with Crippen LogP contribution in [-0.2, 0) is 18.6 Å². The van der Waals surface area contributed by atoms with E-state index < -0.39 is 36.6 Å². The lowest BCUT2D eigenvalue weighted by atomic mass is 9.72. The van der Waals surface area contributed by atoms with Crippen molar-refractivity contribution in [3.05, 3.63) is 12.1 Å². The maximum Gasteiger partial charge on any atom is 0.498 e. The standard InChI is InChI=1S/C42H76B2O6/c1-11-13-15-17-19-21-23-25-27-29-31-45-37-33-36(44-49-41(7,8)42(9,10)50-44)38(34-35(37)43-47-39(3,4)40(5,6)48-43)46-32-30-28-26-24-22-20-18-16-14-12-2/h33-34H,11-32H2,1-10H3. The minimum Gasteiger partial charge on any atom is -0.494 e. The number of rotatable bonds is 26. The molecular formula is C42H76B2O6. The number of hydrogen-bond acceptors (Lipinski definition) is 6. The zero-order chi connectivity index (χ0) is 36.7. The van der Waals surface area contributed by atoms with Crippen molar-refractivity contribution in [1.82, 2.24) is 0 Å². The molecule has 8 heteroatoms. The Bertz CT molecular complexity index is 986. The SMILES string of the molecule is CCCCCCCCCCCCOc1cc(B2OC(C)(C)C(C)(C)O2)c(OCCCCCCCCCCCC)cc1B1OC(C)(C)C(C)(C)O1. The molecule has 0 radical (unpaired) electrons. The van der Waals surface area contributed by atoms with Crippen LogP contribution < -0.4 is 20.4 Å². The maximum absolute atomic E-state index is 6.60. The second kappa shape index (κ2) is 20.9. The van der Waals surface area contributed by atoms with Crippen LogP contribution in [0.1, 0.15) is 198 Å². The van der Waals surface area contributed by atoms with Crippen molar-refractivity contribution in [2.75, 3.05) is 13.2 Å². The Morgan fingerprint density at radius 1 is 0.400 bits per heavy atom. The Kier molecular flexibility index (Phi) is 18.0. The van der Waals surface area contributed by atoms with Gasteiger partial charge in [-0.25, -0.2) is 0 Å². The van der Waals surface area contributed by atoms with Gasteiger partial charge in [0.25, 0.3) is 0 Å². The van der Waals surface area contributed by atoms with Gasteiger partial charge in [-0.2, -0.15) is 0 Å². The summed E-state index contributed by atoms with van der Waals surface area (Å²) in [5.74, 6) is 1.52. The Hall–Kier alpha value is -1.21. The van der Waals surface area contributed by atoms with E-state index in [2.05, 4.69) is 81.4 Å². The van der Waals surface area contributed by atoms with Crippen molar-refractivity contribution in [1.29, 1.82) is 0 Å². The van der Waals surface area contributed by atoms with Gasteiger partial charge in [-0.05, 0) is 80.4 Å². The first-order chi connectivity index (χ1) is 23.7. The third-order valence-electron chi connectivity index (χ3n) is 11.7. The van der Waals surface area contributed by atoms with Crippen molar-refractivity contribution in [3.8, 4) is 11.5 Å². The largest absolute Gasteiger partial charge is 0.498 e. The number of benzene rings is 1. The highest BCUT2D eigenvalue weighted by Crippen LogP contribution is 2.39. The number of unbranched alkanes of at least 4 members (excludes halogenated alkanes) is 18. The van der Waals surface area contributed by atoms with E-state index in [-0.39, 0.29) is 0 Å². The molecule has 0 spiro atoms. The Balaban J connectivity index is 1.71. The highest BCUT2D eigenvalue weighted by atomic mass is 16.7. The average molecular weight is 699 g/mol. The molecule has 2 aliphatic heterocycles. The second-order valence-electron chi connectivity index (χ2n) is 17.2. The van der Waals surface area contributed by atoms with Crippen LogP contribution >= 0.6 is 0 Å². The molecule has 0 saturated carbocycles. The van der Waals surface area contributed by atoms with Crippen LogP contribution in [0.4, 0.5) is 0 Å². The molecule has 0 atom stereocenters. The van der Waals surface area contributed by atoms with Crippen molar-refractivity contribution in [2.24, 2.45) is 0 Å². The third-order valence-corrected chi connectivity index (χ3v) is 11.7. The highest BCUT2D eigenvalue weighted by Gasteiger charge is 2.55. The summed E-state index contributed by atoms with van der Waals surface area (Å²) in [4.78, 5) is 0. The predicted molar refractivity (Wildman–Crippen MR) is 213 cm³/mol. The van der Waals surface area contributed by atoms with E-state index in [4.69, 9.17) is 28.1 Å². The molecule has 3 rings (SSSR count). The van der Waals surface area contributed by atoms with Gasteiger partial charge in [-0.3, -0.25) is 0 Å². The zero-order valence-corrected chi connectivity index (χ0v) is 34.3. The first kappa shape index (κ1) is 43.2. The Morgan fingerprint density at radius 3 is 0.900 bits per heavy atom. The summed E-state index contributed by atoms with van der Waals surface area (Å²) in [7, 11) is -1.12. The predicted octanol–water partition coefficient (Wildman–Crippen LogP) is 10.9. The smallest absolute Gasteiger partial charge is 0.494 e. The molecule has 2 fully saturated rings. The zero-order valence-electron chi connectivity index (χ0n) is 34.3. The van der Waals surface area contributed by atoms with E-state index in [9.17, 15) is 0 Å². The lowest BCUT2D eigenvalue weighted by Gasteiger charge is -2.32. The average Bonchev–Trinajstić information content (AvgIpc) is 3.41. The lowest BCUT2D eigenvalue weighted by Crippen LogP contribution is -2.41. The Labute approximate surface area is 309 Å². The molecule has 1 aromatic rings. The third kappa shape index (κ3) is 13.0. The van der Waals surface area contributed by atoms with Crippen LogP contribution in [0.2, 0.25) is 0 Å². The first-order valence-corrected chi connectivity index (χ1v) is 20.9. The molecule has 0 aliphatic carbocycles. The molecule has 2 heterocycles. The minimum absolute atomic E-state index is 0.465. The summed E-state index contributed by atoms with van der Waals surface area (Å²) in [6, 6.07) is 4.15. The van der Waals surface area contributed by atoms with E-state index in [0.717, 1.165) is 35.3 Å². The van der Waals surface area contributed by atoms with Gasteiger partial charge in [-0.1, -0.05) is 129 Å². The molecule has 2 aliphatic rings. The van der Waals surface area contributed by atoms with Gasteiger partial charge in [-0.15, -0.1) is 0 Å². The first-order valence-electron chi connectivity index (χ1n) is 20.9. The van der Waals surface area contributed by atoms with E-state index in [1.54, 1.807) is 0 Å². The van der Waals surface area contributed by atoms with Crippen LogP contribution in [0, 0.1) is 0 Å². The molecule has 0 aromatic heterocycles. The molecule has 50 heavy (non-hydrogen) atoms. The normalized spacial score (nSPS) is 19.0. The van der Waals surface area contributed by atoms with Gasteiger partial charge in [0.15, 0.2) is 0 Å². The van der Waals surface area contributed by atoms with Crippen molar-refractivity contribution in [2.45, 2.75) is 220 Å². The summed E-state index contributed by atoms with van der Waals surface area (Å²) in [6.45, 7) is 22.6. The van der Waals surface area contributed by atoms with E-state index >= 15 is 0 Å². The summed E-state index contributed by atoms with van der Waals surface area (Å²) in [5.41, 5.74) is -0.123. The lowest BCUT2D eigenvalue weighted by molar-refractivity contribution is 0.00578. The maximum atomic E-state index is 6.60. The fraction of sp³-hybridized carbons (Fsp3) is 0.857. The van der Waals surface area contributed by atoms with Gasteiger partial charge in [0.2, 0.25) is 0 Å². The van der Waals surface area contributed by atoms with Crippen LogP contribution in [0.25, 0.3) is 0 Å². The molecule has 0 unspecified atom stereocenters. The van der Waals surface area contributed by atoms with Crippen molar-refractivity contribution < 1.29 is 28.1 Å². The van der Waals surface area contributed by atoms with Gasteiger partial charge in [0.1, 0.15) is 11.5 Å². The van der Waals surface area contributed by atoms with E-state index in [1.807, 2.05) is 0 Å². The van der Waals surface area contributed by atoms with Crippen LogP contribution in [0.15, 0.2) is 12.1 Å². The topological polar surface area (TPSA) is 55.4 Å². The van der Waals surface area contributed by atoms with Gasteiger partial charge >= 0.3 is 14.2 Å². The Morgan fingerprint density at radius 2 is 0.640 bits per heavy atom. The second-order valence-corrected chi connectivity index (χ2v) is 17.2. The summed E-state index contributed by atoms with van der Waals surface area (Å²) in [5, 5.41) is 0. The van der Waals surface area contributed by atoms with Gasteiger partial charge in [0, 0.05) is 10.9 Å². The molecule has 6 nitrogen and oxygen atoms in total. The van der Waals surface area contributed by atoms with E-state index in [1.165, 1.54) is 116 Å². The molecule has 0 amide bonds. The fourth-order valence-electron chi connectivity index (χ4n) is 6.69. The van der Waals surface area contributed by atoms with Gasteiger partial charge < -0.3 is 28.1 Å². The van der Waals surface area contributed by atoms with Crippen molar-refractivity contribution in [3.63, 3.8) is 0 Å². The summed E-state index contributed by atoms with van der Waals surface area (Å²) < 4.78 is 39.5. The monoisotopic (exact) mass is 699 g/mol. The minimum atomic E-state index is -0.560. The summed E-state index contributed by atoms with van der Waals surface area (Å²) >= 11 is 0. The van der Waals surface area contributed by atoms with Crippen LogP contribution in [0.3, 0.4) is 0 Å². The highest BCUT2D eigenvalue weighted by molar-refractivity contribution is 6.66.